The summed E-state index contributed by atoms with van der Waals surface area (Å²) in [6.07, 6.45) is 1.16. The van der Waals surface area contributed by atoms with Crippen LogP contribution >= 0.6 is 0 Å². The van der Waals surface area contributed by atoms with Gasteiger partial charge in [0.1, 0.15) is 0 Å². The molecule has 2 heteroatoms. The summed E-state index contributed by atoms with van der Waals surface area (Å²) in [5.74, 6) is 0.732. The van der Waals surface area contributed by atoms with Crippen LogP contribution in [-0.2, 0) is 4.74 Å². The second-order valence-electron chi connectivity index (χ2n) is 7.00. The van der Waals surface area contributed by atoms with E-state index in [1.807, 2.05) is 0 Å². The van der Waals surface area contributed by atoms with E-state index in [0.717, 1.165) is 32.1 Å². The van der Waals surface area contributed by atoms with Crippen molar-refractivity contribution >= 4 is 0 Å². The van der Waals surface area contributed by atoms with Crippen molar-refractivity contribution in [1.29, 1.82) is 0 Å². The standard InChI is InChI=1S/C14H31NO/c1-12(2)8-9-16-11-14(6,7)10-15-13(3,4)5/h12,15H,8-11H2,1-7H3. The van der Waals surface area contributed by atoms with E-state index in [-0.39, 0.29) is 11.0 Å². The Morgan fingerprint density at radius 2 is 1.62 bits per heavy atom. The molecule has 0 aliphatic heterocycles. The van der Waals surface area contributed by atoms with Crippen LogP contribution in [0.25, 0.3) is 0 Å². The minimum Gasteiger partial charge on any atom is -0.381 e. The lowest BCUT2D eigenvalue weighted by Gasteiger charge is -2.30. The van der Waals surface area contributed by atoms with Crippen LogP contribution in [-0.4, -0.2) is 25.3 Å². The summed E-state index contributed by atoms with van der Waals surface area (Å²) in [5.41, 5.74) is 0.402. The SMILES string of the molecule is CC(C)CCOCC(C)(C)CNC(C)(C)C. The molecule has 0 saturated carbocycles. The van der Waals surface area contributed by atoms with Gasteiger partial charge in [-0.2, -0.15) is 0 Å². The van der Waals surface area contributed by atoms with Crippen LogP contribution in [0.5, 0.6) is 0 Å². The van der Waals surface area contributed by atoms with Crippen LogP contribution in [0, 0.1) is 11.3 Å². The summed E-state index contributed by atoms with van der Waals surface area (Å²) in [6, 6.07) is 0. The first-order chi connectivity index (χ1) is 7.12. The summed E-state index contributed by atoms with van der Waals surface area (Å²) in [7, 11) is 0. The van der Waals surface area contributed by atoms with E-state index in [1.54, 1.807) is 0 Å². The fourth-order valence-electron chi connectivity index (χ4n) is 1.22. The number of hydrogen-bond acceptors (Lipinski definition) is 2. The first-order valence-corrected chi connectivity index (χ1v) is 6.45. The normalized spacial score (nSPS) is 13.5. The summed E-state index contributed by atoms with van der Waals surface area (Å²) in [5, 5.41) is 3.53. The topological polar surface area (TPSA) is 21.3 Å². The second kappa shape index (κ2) is 6.61. The van der Waals surface area contributed by atoms with Gasteiger partial charge >= 0.3 is 0 Å². The average Bonchev–Trinajstić information content (AvgIpc) is 2.08. The molecule has 2 nitrogen and oxygen atoms in total. The molecular weight excluding hydrogens is 198 g/mol. The van der Waals surface area contributed by atoms with E-state index in [9.17, 15) is 0 Å². The molecule has 0 amide bonds. The van der Waals surface area contributed by atoms with E-state index < -0.39 is 0 Å². The van der Waals surface area contributed by atoms with Gasteiger partial charge in [0.25, 0.3) is 0 Å². The third-order valence-corrected chi connectivity index (χ3v) is 2.43. The molecule has 0 atom stereocenters. The third-order valence-electron chi connectivity index (χ3n) is 2.43. The largest absolute Gasteiger partial charge is 0.381 e. The Kier molecular flexibility index (Phi) is 6.57. The number of ether oxygens (including phenoxy) is 1. The molecule has 0 spiro atoms. The fourth-order valence-corrected chi connectivity index (χ4v) is 1.22. The Hall–Kier alpha value is -0.0800. The highest BCUT2D eigenvalue weighted by Crippen LogP contribution is 2.16. The Bertz CT molecular complexity index is 180. The number of nitrogens with one attached hydrogen (secondary N) is 1. The predicted molar refractivity (Wildman–Crippen MR) is 71.8 cm³/mol. The molecule has 98 valence electrons. The summed E-state index contributed by atoms with van der Waals surface area (Å²) >= 11 is 0. The number of hydrogen-bond donors (Lipinski definition) is 1. The molecule has 0 unspecified atom stereocenters. The highest BCUT2D eigenvalue weighted by Gasteiger charge is 2.21. The lowest BCUT2D eigenvalue weighted by Crippen LogP contribution is -2.43. The van der Waals surface area contributed by atoms with Crippen LogP contribution in [0.2, 0.25) is 0 Å². The van der Waals surface area contributed by atoms with Gasteiger partial charge in [-0.05, 0) is 33.1 Å². The zero-order valence-corrected chi connectivity index (χ0v) is 12.3. The van der Waals surface area contributed by atoms with Crippen molar-refractivity contribution in [2.45, 2.75) is 60.4 Å². The molecule has 0 saturated heterocycles. The van der Waals surface area contributed by atoms with Gasteiger partial charge in [0.2, 0.25) is 0 Å². The van der Waals surface area contributed by atoms with Gasteiger partial charge in [-0.1, -0.05) is 27.7 Å². The lowest BCUT2D eigenvalue weighted by atomic mass is 9.93. The van der Waals surface area contributed by atoms with Crippen LogP contribution in [0.1, 0.15) is 54.9 Å². The third kappa shape index (κ3) is 10.4. The van der Waals surface area contributed by atoms with Gasteiger partial charge in [-0.15, -0.1) is 0 Å². The van der Waals surface area contributed by atoms with Crippen LogP contribution in [0.15, 0.2) is 0 Å². The van der Waals surface area contributed by atoms with Gasteiger partial charge in [-0.3, -0.25) is 0 Å². The fraction of sp³-hybridized carbons (Fsp3) is 1.00. The minimum absolute atomic E-state index is 0.190. The van der Waals surface area contributed by atoms with E-state index in [2.05, 4.69) is 53.8 Å². The van der Waals surface area contributed by atoms with Crippen LogP contribution in [0.3, 0.4) is 0 Å². The summed E-state index contributed by atoms with van der Waals surface area (Å²) in [4.78, 5) is 0. The van der Waals surface area contributed by atoms with Gasteiger partial charge in [0.05, 0.1) is 6.61 Å². The summed E-state index contributed by atoms with van der Waals surface area (Å²) in [6.45, 7) is 18.3. The molecule has 0 aliphatic rings. The molecule has 0 bridgehead atoms. The zero-order chi connectivity index (χ0) is 12.8. The molecule has 0 aromatic carbocycles. The zero-order valence-electron chi connectivity index (χ0n) is 12.3. The summed E-state index contributed by atoms with van der Waals surface area (Å²) < 4.78 is 5.73. The van der Waals surface area contributed by atoms with Crippen molar-refractivity contribution in [1.82, 2.24) is 5.32 Å². The Balaban J connectivity index is 3.70. The maximum absolute atomic E-state index is 5.73. The van der Waals surface area contributed by atoms with Gasteiger partial charge < -0.3 is 10.1 Å². The first kappa shape index (κ1) is 15.9. The molecule has 1 N–H and O–H groups in total. The van der Waals surface area contributed by atoms with E-state index in [4.69, 9.17) is 4.74 Å². The van der Waals surface area contributed by atoms with Crippen molar-refractivity contribution in [3.8, 4) is 0 Å². The molecule has 0 heterocycles. The minimum atomic E-state index is 0.190. The highest BCUT2D eigenvalue weighted by atomic mass is 16.5. The molecule has 0 aromatic heterocycles. The second-order valence-corrected chi connectivity index (χ2v) is 7.00. The molecule has 0 aromatic rings. The van der Waals surface area contributed by atoms with E-state index >= 15 is 0 Å². The molecule has 0 fully saturated rings. The number of rotatable bonds is 7. The van der Waals surface area contributed by atoms with Crippen molar-refractivity contribution in [3.05, 3.63) is 0 Å². The quantitative estimate of drug-likeness (QED) is 0.675. The first-order valence-electron chi connectivity index (χ1n) is 6.45. The van der Waals surface area contributed by atoms with Crippen LogP contribution in [0.4, 0.5) is 0 Å². The van der Waals surface area contributed by atoms with Crippen molar-refractivity contribution in [2.24, 2.45) is 11.3 Å². The Labute approximate surface area is 102 Å². The Morgan fingerprint density at radius 1 is 1.06 bits per heavy atom. The molecule has 0 aliphatic carbocycles. The van der Waals surface area contributed by atoms with Crippen molar-refractivity contribution in [2.75, 3.05) is 19.8 Å². The highest BCUT2D eigenvalue weighted by molar-refractivity contribution is 4.77. The smallest absolute Gasteiger partial charge is 0.0529 e. The van der Waals surface area contributed by atoms with E-state index in [1.165, 1.54) is 0 Å². The average molecular weight is 229 g/mol. The van der Waals surface area contributed by atoms with Gasteiger partial charge in [0.15, 0.2) is 0 Å². The van der Waals surface area contributed by atoms with Gasteiger partial charge in [0, 0.05) is 24.1 Å². The monoisotopic (exact) mass is 229 g/mol. The maximum Gasteiger partial charge on any atom is 0.0529 e. The van der Waals surface area contributed by atoms with Crippen molar-refractivity contribution in [3.63, 3.8) is 0 Å². The lowest BCUT2D eigenvalue weighted by molar-refractivity contribution is 0.0531. The molecule has 0 radical (unpaired) electrons. The maximum atomic E-state index is 5.73. The van der Waals surface area contributed by atoms with Crippen molar-refractivity contribution < 1.29 is 4.74 Å². The molecule has 16 heavy (non-hydrogen) atoms. The predicted octanol–water partition coefficient (Wildman–Crippen LogP) is 3.46. The Morgan fingerprint density at radius 3 is 2.06 bits per heavy atom. The molecule has 0 rings (SSSR count). The van der Waals surface area contributed by atoms with Gasteiger partial charge in [-0.25, -0.2) is 0 Å². The van der Waals surface area contributed by atoms with E-state index in [0.29, 0.717) is 0 Å². The molecular formula is C14H31NO. The van der Waals surface area contributed by atoms with Crippen LogP contribution < -0.4 is 5.32 Å².